The minimum atomic E-state index is -4.49. The average Bonchev–Trinajstić information content (AvgIpc) is 3.63. The number of rotatable bonds is 14. The van der Waals surface area contributed by atoms with Crippen LogP contribution in [0.2, 0.25) is 0 Å². The SMILES string of the molecule is COC(C)(C)COC(=O)[C@H](Cc1ccccc1)N[P@](=O)(OC[C@H]1O[C@@](C#N)(c2ccc3c(N)ncnn23)[C@H](O)[C@@H]1O)Oc1ccccc1. The number of nitrogens with two attached hydrogens (primary N) is 1. The molecule has 0 unspecified atom stereocenters. The standard InChI is InChI=1S/C32H37N6O9P/c1-31(2,43-3)19-44-30(41)23(16-21-10-6-4-7-11-21)37-48(42,47-22-12-8-5-9-13-22)45-17-25-27(39)28(40)32(18-33,46-25)26-15-14-24-29(34)35-20-36-38(24)26/h4-15,20,23,25,27-28,39-40H,16-17,19H2,1-3H3,(H,37,42)(H2,34,35,36)/t23-,25+,27+,28+,32-,48-/m0/s1. The van der Waals surface area contributed by atoms with Crippen LogP contribution < -0.4 is 15.3 Å². The first kappa shape index (κ1) is 34.9. The minimum absolute atomic E-state index is 0.0453. The van der Waals surface area contributed by atoms with E-state index in [0.29, 0.717) is 5.52 Å². The number of anilines is 1. The van der Waals surface area contributed by atoms with E-state index in [1.165, 1.54) is 24.0 Å². The number of aliphatic hydroxyl groups excluding tert-OH is 2. The van der Waals surface area contributed by atoms with Crippen molar-refractivity contribution in [1.82, 2.24) is 19.7 Å². The van der Waals surface area contributed by atoms with E-state index < -0.39 is 55.9 Å². The molecule has 0 spiro atoms. The number of methoxy groups -OCH3 is 1. The van der Waals surface area contributed by atoms with Gasteiger partial charge in [-0.2, -0.15) is 15.4 Å². The van der Waals surface area contributed by atoms with Crippen molar-refractivity contribution in [2.75, 3.05) is 26.1 Å². The van der Waals surface area contributed by atoms with Crippen molar-refractivity contribution in [1.29, 1.82) is 5.26 Å². The molecule has 0 bridgehead atoms. The van der Waals surface area contributed by atoms with Crippen molar-refractivity contribution < 1.29 is 42.8 Å². The number of aliphatic hydroxyl groups is 2. The van der Waals surface area contributed by atoms with Crippen LogP contribution in [0.3, 0.4) is 0 Å². The number of fused-ring (bicyclic) bond motifs is 1. The molecule has 254 valence electrons. The highest BCUT2D eigenvalue weighted by atomic mass is 31.2. The molecule has 2 aromatic heterocycles. The van der Waals surface area contributed by atoms with Crippen molar-refractivity contribution in [3.05, 3.63) is 90.4 Å². The van der Waals surface area contributed by atoms with Gasteiger partial charge < -0.3 is 34.7 Å². The number of nitrogens with one attached hydrogen (secondary N) is 1. The first-order valence-electron chi connectivity index (χ1n) is 15.0. The van der Waals surface area contributed by atoms with E-state index >= 15 is 0 Å². The molecule has 0 aliphatic carbocycles. The van der Waals surface area contributed by atoms with Gasteiger partial charge in [0.15, 0.2) is 5.82 Å². The molecule has 15 nitrogen and oxygen atoms in total. The van der Waals surface area contributed by atoms with Crippen molar-refractivity contribution in [3.63, 3.8) is 0 Å². The van der Waals surface area contributed by atoms with Crippen LogP contribution >= 0.6 is 7.75 Å². The Kier molecular flexibility index (Phi) is 10.5. The number of nitrogens with zero attached hydrogens (tertiary/aromatic N) is 4. The Morgan fingerprint density at radius 3 is 2.52 bits per heavy atom. The first-order chi connectivity index (χ1) is 22.9. The maximum Gasteiger partial charge on any atom is 0.459 e. The van der Waals surface area contributed by atoms with Crippen molar-refractivity contribution in [2.45, 2.75) is 55.8 Å². The summed E-state index contributed by atoms with van der Waals surface area (Å²) in [6.07, 6.45) is -3.63. The molecule has 0 saturated carbocycles. The minimum Gasteiger partial charge on any atom is -0.461 e. The van der Waals surface area contributed by atoms with Crippen LogP contribution in [0.25, 0.3) is 5.52 Å². The predicted molar refractivity (Wildman–Crippen MR) is 171 cm³/mol. The third-order valence-corrected chi connectivity index (χ3v) is 9.43. The van der Waals surface area contributed by atoms with Crippen LogP contribution in [0.5, 0.6) is 5.75 Å². The number of carbonyl (C=O) groups excluding carboxylic acids is 1. The number of carbonyl (C=O) groups is 1. The zero-order valence-electron chi connectivity index (χ0n) is 26.5. The monoisotopic (exact) mass is 680 g/mol. The quantitative estimate of drug-likeness (QED) is 0.111. The Hall–Kier alpha value is -4.39. The molecule has 3 heterocycles. The summed E-state index contributed by atoms with van der Waals surface area (Å²) < 4.78 is 44.3. The van der Waals surface area contributed by atoms with Gasteiger partial charge in [0.25, 0.3) is 0 Å². The maximum atomic E-state index is 14.5. The molecular formula is C32H37N6O9P. The van der Waals surface area contributed by atoms with Crippen molar-refractivity contribution >= 4 is 25.1 Å². The lowest BCUT2D eigenvalue weighted by Crippen LogP contribution is -2.42. The molecule has 6 atom stereocenters. The lowest BCUT2D eigenvalue weighted by Gasteiger charge is -2.28. The molecule has 1 aliphatic heterocycles. The van der Waals surface area contributed by atoms with Gasteiger partial charge in [0.2, 0.25) is 5.60 Å². The van der Waals surface area contributed by atoms with Gasteiger partial charge >= 0.3 is 13.7 Å². The second kappa shape index (κ2) is 14.4. The lowest BCUT2D eigenvalue weighted by molar-refractivity contribution is -0.153. The summed E-state index contributed by atoms with van der Waals surface area (Å²) in [7, 11) is -3.01. The zero-order chi connectivity index (χ0) is 34.5. The van der Waals surface area contributed by atoms with E-state index in [4.69, 9.17) is 29.0 Å². The van der Waals surface area contributed by atoms with Crippen molar-refractivity contribution in [2.24, 2.45) is 0 Å². The van der Waals surface area contributed by atoms with Crippen molar-refractivity contribution in [3.8, 4) is 11.8 Å². The smallest absolute Gasteiger partial charge is 0.459 e. The number of nitrogen functional groups attached to an aromatic ring is 1. The molecule has 1 saturated heterocycles. The topological polar surface area (TPSA) is 213 Å². The number of esters is 1. The fourth-order valence-electron chi connectivity index (χ4n) is 5.06. The molecule has 2 aromatic carbocycles. The average molecular weight is 681 g/mol. The van der Waals surface area contributed by atoms with Crippen LogP contribution in [0.4, 0.5) is 5.82 Å². The Balaban J connectivity index is 1.42. The highest BCUT2D eigenvalue weighted by Crippen LogP contribution is 2.47. The molecule has 1 aliphatic rings. The number of benzene rings is 2. The fraction of sp³-hybridized carbons (Fsp3) is 0.375. The second-order valence-electron chi connectivity index (χ2n) is 11.7. The van der Waals surface area contributed by atoms with Crippen LogP contribution in [0.15, 0.2) is 79.1 Å². The van der Waals surface area contributed by atoms with E-state index in [1.54, 1.807) is 74.5 Å². The number of hydrogen-bond acceptors (Lipinski definition) is 13. The third-order valence-electron chi connectivity index (χ3n) is 7.86. The summed E-state index contributed by atoms with van der Waals surface area (Å²) in [5.74, 6) is -0.476. The molecule has 4 aromatic rings. The number of hydrogen-bond donors (Lipinski definition) is 4. The summed E-state index contributed by atoms with van der Waals surface area (Å²) in [6, 6.07) is 20.8. The Morgan fingerprint density at radius 1 is 1.17 bits per heavy atom. The van der Waals surface area contributed by atoms with Gasteiger partial charge in [0.05, 0.1) is 17.9 Å². The zero-order valence-corrected chi connectivity index (χ0v) is 27.4. The fourth-order valence-corrected chi connectivity index (χ4v) is 6.56. The van der Waals surface area contributed by atoms with Gasteiger partial charge in [0.1, 0.15) is 54.6 Å². The molecule has 5 rings (SSSR count). The van der Waals surface area contributed by atoms with Crippen LogP contribution in [0.1, 0.15) is 25.1 Å². The molecule has 1 fully saturated rings. The number of ether oxygens (including phenoxy) is 3. The summed E-state index contributed by atoms with van der Waals surface area (Å²) in [4.78, 5) is 17.4. The molecule has 5 N–H and O–H groups in total. The molecular weight excluding hydrogens is 643 g/mol. The van der Waals surface area contributed by atoms with E-state index in [2.05, 4.69) is 15.2 Å². The number of aromatic nitrogens is 3. The van der Waals surface area contributed by atoms with Crippen LogP contribution in [-0.4, -0.2) is 81.1 Å². The normalized spacial score (nSPS) is 22.9. The van der Waals surface area contributed by atoms with Gasteiger partial charge in [-0.1, -0.05) is 48.5 Å². The Morgan fingerprint density at radius 2 is 1.85 bits per heavy atom. The summed E-state index contributed by atoms with van der Waals surface area (Å²) in [5, 5.41) is 39.3. The van der Waals surface area contributed by atoms with Crippen LogP contribution in [0, 0.1) is 11.3 Å². The van der Waals surface area contributed by atoms with E-state index in [1.807, 2.05) is 12.1 Å². The first-order valence-corrected chi connectivity index (χ1v) is 16.5. The van der Waals surface area contributed by atoms with E-state index in [-0.39, 0.29) is 30.3 Å². The van der Waals surface area contributed by atoms with Gasteiger partial charge in [-0.05, 0) is 50.1 Å². The Labute approximate surface area is 276 Å². The largest absolute Gasteiger partial charge is 0.461 e. The van der Waals surface area contributed by atoms with Crippen LogP contribution in [-0.2, 0) is 40.1 Å². The number of para-hydroxylation sites is 1. The summed E-state index contributed by atoms with van der Waals surface area (Å²) >= 11 is 0. The molecule has 16 heteroatoms. The van der Waals surface area contributed by atoms with Gasteiger partial charge in [-0.25, -0.2) is 14.1 Å². The highest BCUT2D eigenvalue weighted by Gasteiger charge is 2.58. The van der Waals surface area contributed by atoms with E-state index in [0.717, 1.165) is 5.56 Å². The van der Waals surface area contributed by atoms with E-state index in [9.17, 15) is 24.8 Å². The summed E-state index contributed by atoms with van der Waals surface area (Å²) in [6.45, 7) is 2.76. The molecule has 48 heavy (non-hydrogen) atoms. The second-order valence-corrected chi connectivity index (χ2v) is 13.4. The highest BCUT2D eigenvalue weighted by molar-refractivity contribution is 7.52. The molecule has 0 radical (unpaired) electrons. The molecule has 0 amide bonds. The number of nitriles is 1. The Bertz CT molecular complexity index is 1800. The predicted octanol–water partition coefficient (Wildman–Crippen LogP) is 2.52. The van der Waals surface area contributed by atoms with Gasteiger partial charge in [-0.3, -0.25) is 9.32 Å². The summed E-state index contributed by atoms with van der Waals surface area (Å²) in [5.41, 5.74) is 4.18. The lowest BCUT2D eigenvalue weighted by atomic mass is 9.92. The van der Waals surface area contributed by atoms with Gasteiger partial charge in [0, 0.05) is 7.11 Å². The third kappa shape index (κ3) is 7.51. The maximum absolute atomic E-state index is 14.5. The van der Waals surface area contributed by atoms with Gasteiger partial charge in [-0.15, -0.1) is 0 Å².